The molecule has 0 aromatic carbocycles. The number of hydrogen-bond donors (Lipinski definition) is 1. The van der Waals surface area contributed by atoms with Gasteiger partial charge < -0.3 is 10.1 Å². The first-order valence-electron chi connectivity index (χ1n) is 5.70. The number of nitrogens with zero attached hydrogens (tertiary/aromatic N) is 4. The van der Waals surface area contributed by atoms with E-state index in [-0.39, 0.29) is 6.10 Å². The number of hydrogen-bond acceptors (Lipinski definition) is 6. The summed E-state index contributed by atoms with van der Waals surface area (Å²) in [5.41, 5.74) is 0.873. The van der Waals surface area contributed by atoms with Gasteiger partial charge in [-0.3, -0.25) is 4.98 Å². The first-order chi connectivity index (χ1) is 8.69. The molecule has 0 saturated carbocycles. The lowest BCUT2D eigenvalue weighted by Gasteiger charge is -2.10. The zero-order chi connectivity index (χ0) is 13.0. The Kier molecular flexibility index (Phi) is 3.66. The minimum Gasteiger partial charge on any atom is -0.461 e. The van der Waals surface area contributed by atoms with Gasteiger partial charge in [0.2, 0.25) is 5.95 Å². The van der Waals surface area contributed by atoms with Gasteiger partial charge >= 0.3 is 6.01 Å². The highest BCUT2D eigenvalue weighted by atomic mass is 16.5. The molecule has 2 aromatic heterocycles. The van der Waals surface area contributed by atoms with Gasteiger partial charge in [-0.1, -0.05) is 0 Å². The lowest BCUT2D eigenvalue weighted by atomic mass is 10.2. The Morgan fingerprint density at radius 3 is 2.44 bits per heavy atom. The second-order valence-electron chi connectivity index (χ2n) is 3.92. The first kappa shape index (κ1) is 12.2. The standard InChI is InChI=1S/C12H15N5O/c1-8(2)18-12-16-10(15-11(13-3)17-12)9-4-6-14-7-5-9/h4-8H,1-3H3,(H,13,15,16,17). The number of rotatable bonds is 4. The molecule has 0 radical (unpaired) electrons. The van der Waals surface area contributed by atoms with Crippen LogP contribution >= 0.6 is 0 Å². The van der Waals surface area contributed by atoms with Crippen molar-refractivity contribution < 1.29 is 4.74 Å². The molecule has 94 valence electrons. The number of nitrogens with one attached hydrogen (secondary N) is 1. The predicted molar refractivity (Wildman–Crippen MR) is 68.4 cm³/mol. The number of ether oxygens (including phenoxy) is 1. The summed E-state index contributed by atoms with van der Waals surface area (Å²) in [5, 5.41) is 2.89. The maximum absolute atomic E-state index is 5.50. The van der Waals surface area contributed by atoms with E-state index in [4.69, 9.17) is 4.74 Å². The van der Waals surface area contributed by atoms with Crippen molar-refractivity contribution in [2.75, 3.05) is 12.4 Å². The summed E-state index contributed by atoms with van der Waals surface area (Å²) in [5.74, 6) is 1.04. The van der Waals surface area contributed by atoms with Crippen LogP contribution in [0.5, 0.6) is 6.01 Å². The van der Waals surface area contributed by atoms with Crippen LogP contribution in [-0.4, -0.2) is 33.1 Å². The van der Waals surface area contributed by atoms with Crippen LogP contribution in [0.2, 0.25) is 0 Å². The molecule has 0 spiro atoms. The molecular weight excluding hydrogens is 230 g/mol. The Balaban J connectivity index is 2.41. The zero-order valence-corrected chi connectivity index (χ0v) is 10.6. The molecule has 0 aliphatic rings. The van der Waals surface area contributed by atoms with Crippen molar-refractivity contribution >= 4 is 5.95 Å². The number of pyridine rings is 1. The van der Waals surface area contributed by atoms with Gasteiger partial charge in [0.1, 0.15) is 0 Å². The average Bonchev–Trinajstić information content (AvgIpc) is 2.38. The Morgan fingerprint density at radius 2 is 1.83 bits per heavy atom. The largest absolute Gasteiger partial charge is 0.461 e. The summed E-state index contributed by atoms with van der Waals surface area (Å²) in [6, 6.07) is 4.00. The minimum atomic E-state index is 0.0161. The molecule has 6 heteroatoms. The maximum Gasteiger partial charge on any atom is 0.322 e. The summed E-state index contributed by atoms with van der Waals surface area (Å²) in [6.45, 7) is 3.85. The van der Waals surface area contributed by atoms with E-state index < -0.39 is 0 Å². The molecule has 0 atom stereocenters. The van der Waals surface area contributed by atoms with Crippen LogP contribution in [0.4, 0.5) is 5.95 Å². The van der Waals surface area contributed by atoms with Gasteiger partial charge in [0, 0.05) is 25.0 Å². The summed E-state index contributed by atoms with van der Waals surface area (Å²) >= 11 is 0. The van der Waals surface area contributed by atoms with E-state index in [2.05, 4.69) is 25.3 Å². The van der Waals surface area contributed by atoms with E-state index in [9.17, 15) is 0 Å². The number of anilines is 1. The lowest BCUT2D eigenvalue weighted by molar-refractivity contribution is 0.222. The molecule has 0 bridgehead atoms. The molecule has 1 N–H and O–H groups in total. The lowest BCUT2D eigenvalue weighted by Crippen LogP contribution is -2.11. The average molecular weight is 245 g/mol. The van der Waals surface area contributed by atoms with Crippen molar-refractivity contribution in [3.63, 3.8) is 0 Å². The second-order valence-corrected chi connectivity index (χ2v) is 3.92. The fraction of sp³-hybridized carbons (Fsp3) is 0.333. The Bertz CT molecular complexity index is 515. The van der Waals surface area contributed by atoms with Gasteiger partial charge in [-0.25, -0.2) is 0 Å². The summed E-state index contributed by atoms with van der Waals surface area (Å²) in [7, 11) is 1.75. The van der Waals surface area contributed by atoms with Crippen LogP contribution in [0.25, 0.3) is 11.4 Å². The molecule has 0 saturated heterocycles. The molecule has 0 amide bonds. The third kappa shape index (κ3) is 2.91. The van der Waals surface area contributed by atoms with Crippen LogP contribution in [0.15, 0.2) is 24.5 Å². The molecule has 0 aliphatic heterocycles. The van der Waals surface area contributed by atoms with Crippen molar-refractivity contribution in [1.82, 2.24) is 19.9 Å². The highest BCUT2D eigenvalue weighted by molar-refractivity contribution is 5.55. The smallest absolute Gasteiger partial charge is 0.322 e. The number of aromatic nitrogens is 4. The Hall–Kier alpha value is -2.24. The molecule has 2 heterocycles. The third-order valence-corrected chi connectivity index (χ3v) is 2.12. The van der Waals surface area contributed by atoms with Crippen molar-refractivity contribution in [2.45, 2.75) is 20.0 Å². The van der Waals surface area contributed by atoms with Gasteiger partial charge in [-0.15, -0.1) is 0 Å². The van der Waals surface area contributed by atoms with Crippen molar-refractivity contribution in [3.05, 3.63) is 24.5 Å². The van der Waals surface area contributed by atoms with Gasteiger partial charge in [0.05, 0.1) is 6.10 Å². The molecule has 2 rings (SSSR count). The summed E-state index contributed by atoms with van der Waals surface area (Å²) in [4.78, 5) is 16.7. The van der Waals surface area contributed by atoms with Gasteiger partial charge in [-0.2, -0.15) is 15.0 Å². The van der Waals surface area contributed by atoms with E-state index in [0.717, 1.165) is 5.56 Å². The van der Waals surface area contributed by atoms with Gasteiger partial charge in [0.25, 0.3) is 0 Å². The molecule has 2 aromatic rings. The molecule has 0 aliphatic carbocycles. The van der Waals surface area contributed by atoms with Gasteiger partial charge in [-0.05, 0) is 26.0 Å². The van der Waals surface area contributed by atoms with Crippen LogP contribution < -0.4 is 10.1 Å². The molecule has 0 fully saturated rings. The second kappa shape index (κ2) is 5.39. The van der Waals surface area contributed by atoms with E-state index in [0.29, 0.717) is 17.8 Å². The van der Waals surface area contributed by atoms with Crippen molar-refractivity contribution in [1.29, 1.82) is 0 Å². The third-order valence-electron chi connectivity index (χ3n) is 2.12. The quantitative estimate of drug-likeness (QED) is 0.884. The Morgan fingerprint density at radius 1 is 1.11 bits per heavy atom. The molecule has 0 unspecified atom stereocenters. The normalized spacial score (nSPS) is 10.4. The predicted octanol–water partition coefficient (Wildman–Crippen LogP) is 1.76. The van der Waals surface area contributed by atoms with E-state index in [1.165, 1.54) is 0 Å². The van der Waals surface area contributed by atoms with Crippen LogP contribution in [0, 0.1) is 0 Å². The van der Waals surface area contributed by atoms with Crippen molar-refractivity contribution in [2.24, 2.45) is 0 Å². The van der Waals surface area contributed by atoms with Gasteiger partial charge in [0.15, 0.2) is 5.82 Å². The zero-order valence-electron chi connectivity index (χ0n) is 10.6. The summed E-state index contributed by atoms with van der Waals surface area (Å²) in [6.07, 6.45) is 3.41. The van der Waals surface area contributed by atoms with E-state index in [1.807, 2.05) is 26.0 Å². The Labute approximate surface area is 105 Å². The minimum absolute atomic E-state index is 0.0161. The van der Waals surface area contributed by atoms with Crippen LogP contribution in [0.3, 0.4) is 0 Å². The molecule has 6 nitrogen and oxygen atoms in total. The van der Waals surface area contributed by atoms with Crippen molar-refractivity contribution in [3.8, 4) is 17.4 Å². The van der Waals surface area contributed by atoms with E-state index in [1.54, 1.807) is 19.4 Å². The molecule has 18 heavy (non-hydrogen) atoms. The van der Waals surface area contributed by atoms with Crippen LogP contribution in [0.1, 0.15) is 13.8 Å². The fourth-order valence-electron chi connectivity index (χ4n) is 1.36. The summed E-state index contributed by atoms with van der Waals surface area (Å²) < 4.78 is 5.50. The fourth-order valence-corrected chi connectivity index (χ4v) is 1.36. The highest BCUT2D eigenvalue weighted by Gasteiger charge is 2.09. The monoisotopic (exact) mass is 245 g/mol. The van der Waals surface area contributed by atoms with E-state index >= 15 is 0 Å². The topological polar surface area (TPSA) is 72.8 Å². The first-order valence-corrected chi connectivity index (χ1v) is 5.70. The SMILES string of the molecule is CNc1nc(OC(C)C)nc(-c2ccncc2)n1. The van der Waals surface area contributed by atoms with Crippen LogP contribution in [-0.2, 0) is 0 Å². The maximum atomic E-state index is 5.50. The highest BCUT2D eigenvalue weighted by Crippen LogP contribution is 2.18. The molecular formula is C12H15N5O.